The van der Waals surface area contributed by atoms with Crippen molar-refractivity contribution in [1.29, 1.82) is 0 Å². The van der Waals surface area contributed by atoms with Crippen LogP contribution in [-0.2, 0) is 20.2 Å². The van der Waals surface area contributed by atoms with Crippen molar-refractivity contribution in [3.8, 4) is 33.8 Å². The number of carbonyl (C=O) groups excluding carboxylic acids is 1. The average molecular weight is 677 g/mol. The highest BCUT2D eigenvalue weighted by Crippen LogP contribution is 2.33. The predicted molar refractivity (Wildman–Crippen MR) is 185 cm³/mol. The zero-order valence-electron chi connectivity index (χ0n) is 25.2. The molecule has 0 aromatic heterocycles. The number of anilines is 2. The van der Waals surface area contributed by atoms with Crippen LogP contribution in [0.5, 0.6) is 11.5 Å². The fraction of sp³-hybridized carbons (Fsp3) is 0. The van der Waals surface area contributed by atoms with Crippen LogP contribution >= 0.6 is 0 Å². The molecule has 0 aliphatic carbocycles. The predicted octanol–water partition coefficient (Wildman–Crippen LogP) is 8.20. The van der Waals surface area contributed by atoms with Crippen molar-refractivity contribution < 1.29 is 30.0 Å². The lowest BCUT2D eigenvalue weighted by atomic mass is 10.1. The summed E-state index contributed by atoms with van der Waals surface area (Å²) in [4.78, 5) is 13.0. The van der Waals surface area contributed by atoms with E-state index in [0.29, 0.717) is 22.3 Å². The number of carbonyl (C=O) groups is 1. The largest absolute Gasteiger partial charge is 0.379 e. The minimum Gasteiger partial charge on any atom is -0.379 e. The maximum Gasteiger partial charge on any atom is 0.339 e. The van der Waals surface area contributed by atoms with Gasteiger partial charge in [-0.2, -0.15) is 16.8 Å². The summed E-state index contributed by atoms with van der Waals surface area (Å²) >= 11 is 0. The van der Waals surface area contributed by atoms with Crippen LogP contribution in [0.15, 0.2) is 168 Å². The Morgan fingerprint density at radius 2 is 0.979 bits per heavy atom. The maximum atomic E-state index is 13.5. The van der Waals surface area contributed by atoms with Gasteiger partial charge >= 0.3 is 26.3 Å². The fourth-order valence-corrected chi connectivity index (χ4v) is 7.29. The molecular formula is C37H28N2O7S2. The van der Waals surface area contributed by atoms with E-state index < -0.39 is 26.3 Å². The van der Waals surface area contributed by atoms with E-state index in [4.69, 9.17) is 8.37 Å². The molecule has 0 aliphatic rings. The average Bonchev–Trinajstić information content (AvgIpc) is 3.10. The minimum atomic E-state index is -4.32. The Bertz CT molecular complexity index is 2300. The van der Waals surface area contributed by atoms with E-state index in [1.54, 1.807) is 78.9 Å². The Morgan fingerprint density at radius 3 is 1.58 bits per heavy atom. The Morgan fingerprint density at radius 1 is 0.479 bits per heavy atom. The van der Waals surface area contributed by atoms with E-state index in [2.05, 4.69) is 10.6 Å². The number of amides is 2. The summed E-state index contributed by atoms with van der Waals surface area (Å²) in [5, 5.41) is 5.22. The molecule has 6 aromatic carbocycles. The van der Waals surface area contributed by atoms with Gasteiger partial charge in [-0.1, -0.05) is 115 Å². The molecule has 0 radical (unpaired) electrons. The van der Waals surface area contributed by atoms with Gasteiger partial charge < -0.3 is 19.0 Å². The van der Waals surface area contributed by atoms with E-state index in [9.17, 15) is 21.6 Å². The summed E-state index contributed by atoms with van der Waals surface area (Å²) in [6, 6.07) is 42.4. The highest BCUT2D eigenvalue weighted by atomic mass is 32.2. The fourth-order valence-electron chi connectivity index (χ4n) is 4.97. The van der Waals surface area contributed by atoms with Gasteiger partial charge in [-0.25, -0.2) is 4.79 Å². The molecule has 0 bridgehead atoms. The number of benzene rings is 6. The van der Waals surface area contributed by atoms with Crippen LogP contribution in [0.4, 0.5) is 16.2 Å². The second-order valence-electron chi connectivity index (χ2n) is 10.4. The molecule has 2 N–H and O–H groups in total. The molecule has 0 aliphatic heterocycles. The molecule has 11 heteroatoms. The topological polar surface area (TPSA) is 128 Å². The Balaban J connectivity index is 1.17. The van der Waals surface area contributed by atoms with Gasteiger partial charge in [0.2, 0.25) is 0 Å². The van der Waals surface area contributed by atoms with E-state index in [1.165, 1.54) is 42.5 Å². The molecule has 48 heavy (non-hydrogen) atoms. The number of para-hydroxylation sites is 2. The molecule has 2 amide bonds. The van der Waals surface area contributed by atoms with Gasteiger partial charge in [0, 0.05) is 22.9 Å². The lowest BCUT2D eigenvalue weighted by molar-refractivity contribution is 0.262. The van der Waals surface area contributed by atoms with E-state index >= 15 is 0 Å². The molecule has 0 spiro atoms. The number of urea groups is 1. The molecule has 6 aromatic rings. The summed E-state index contributed by atoms with van der Waals surface area (Å²) in [5.41, 5.74) is 2.67. The molecule has 9 nitrogen and oxygen atoms in total. The summed E-state index contributed by atoms with van der Waals surface area (Å²) in [7, 11) is -8.58. The molecule has 0 saturated carbocycles. The van der Waals surface area contributed by atoms with Crippen LogP contribution < -0.4 is 19.0 Å². The van der Waals surface area contributed by atoms with Crippen LogP contribution in [0.3, 0.4) is 0 Å². The third-order valence-corrected chi connectivity index (χ3v) is 9.72. The maximum absolute atomic E-state index is 13.5. The van der Waals surface area contributed by atoms with Gasteiger partial charge in [0.05, 0.1) is 5.69 Å². The van der Waals surface area contributed by atoms with Gasteiger partial charge in [0.25, 0.3) is 0 Å². The number of hydrogen-bond acceptors (Lipinski definition) is 7. The lowest BCUT2D eigenvalue weighted by Gasteiger charge is -2.15. The molecule has 0 atom stereocenters. The summed E-state index contributed by atoms with van der Waals surface area (Å²) in [6.07, 6.45) is 0. The first-order chi connectivity index (χ1) is 23.2. The van der Waals surface area contributed by atoms with Gasteiger partial charge in [-0.3, -0.25) is 0 Å². The van der Waals surface area contributed by atoms with Crippen molar-refractivity contribution >= 4 is 37.6 Å². The first-order valence-corrected chi connectivity index (χ1v) is 17.5. The normalized spacial score (nSPS) is 11.3. The minimum absolute atomic E-state index is 0.00902. The van der Waals surface area contributed by atoms with E-state index in [0.717, 1.165) is 0 Å². The van der Waals surface area contributed by atoms with Gasteiger partial charge in [0.1, 0.15) is 15.5 Å². The standard InChI is InChI=1S/C37H28N2O7S2/c40-37(38-29-18-13-19-30(26-29)45-47(41,42)35-24-11-7-20-31(35)27-14-3-1-4-15-27)39-33-22-9-10-23-34(33)46-48(43,44)36-25-12-8-21-32(36)28-16-5-2-6-17-28/h1-26H,(H2,38,39,40). The number of nitrogens with one attached hydrogen (secondary N) is 2. The monoisotopic (exact) mass is 676 g/mol. The first-order valence-electron chi connectivity index (χ1n) is 14.6. The van der Waals surface area contributed by atoms with E-state index in [1.807, 2.05) is 36.4 Å². The zero-order chi connectivity index (χ0) is 33.6. The molecule has 0 unspecified atom stereocenters. The van der Waals surface area contributed by atoms with Crippen LogP contribution in [0, 0.1) is 0 Å². The molecule has 0 fully saturated rings. The quantitative estimate of drug-likeness (QED) is 0.140. The van der Waals surface area contributed by atoms with Crippen LogP contribution in [0.25, 0.3) is 22.3 Å². The van der Waals surface area contributed by atoms with Gasteiger partial charge in [-0.15, -0.1) is 0 Å². The van der Waals surface area contributed by atoms with Crippen molar-refractivity contribution in [3.05, 3.63) is 158 Å². The van der Waals surface area contributed by atoms with Crippen molar-refractivity contribution in [1.82, 2.24) is 0 Å². The molecule has 0 saturated heterocycles. The molecular weight excluding hydrogens is 649 g/mol. The van der Waals surface area contributed by atoms with E-state index in [-0.39, 0.29) is 32.7 Å². The Kier molecular flexibility index (Phi) is 9.24. The van der Waals surface area contributed by atoms with Crippen LogP contribution in [-0.4, -0.2) is 22.9 Å². The Labute approximate surface area is 278 Å². The number of rotatable bonds is 10. The lowest BCUT2D eigenvalue weighted by Crippen LogP contribution is -2.20. The second-order valence-corrected chi connectivity index (χ2v) is 13.4. The Hall–Kier alpha value is -5.91. The summed E-state index contributed by atoms with van der Waals surface area (Å²) in [6.45, 7) is 0. The molecule has 0 heterocycles. The highest BCUT2D eigenvalue weighted by Gasteiger charge is 2.24. The smallest absolute Gasteiger partial charge is 0.339 e. The second kappa shape index (κ2) is 13.8. The highest BCUT2D eigenvalue weighted by molar-refractivity contribution is 7.87. The summed E-state index contributed by atoms with van der Waals surface area (Å²) < 4.78 is 64.6. The van der Waals surface area contributed by atoms with Gasteiger partial charge in [-0.05, 0) is 47.5 Å². The van der Waals surface area contributed by atoms with Crippen molar-refractivity contribution in [2.45, 2.75) is 9.79 Å². The van der Waals surface area contributed by atoms with Crippen molar-refractivity contribution in [2.24, 2.45) is 0 Å². The zero-order valence-corrected chi connectivity index (χ0v) is 26.8. The molecule has 6 rings (SSSR count). The van der Waals surface area contributed by atoms with Gasteiger partial charge in [0.15, 0.2) is 5.75 Å². The van der Waals surface area contributed by atoms with Crippen LogP contribution in [0.1, 0.15) is 0 Å². The van der Waals surface area contributed by atoms with Crippen molar-refractivity contribution in [3.63, 3.8) is 0 Å². The SMILES string of the molecule is O=C(Nc1cccc(OS(=O)(=O)c2ccccc2-c2ccccc2)c1)Nc1ccccc1OS(=O)(=O)c1ccccc1-c1ccccc1. The first kappa shape index (κ1) is 32.0. The van der Waals surface area contributed by atoms with Crippen molar-refractivity contribution in [2.75, 3.05) is 10.6 Å². The summed E-state index contributed by atoms with van der Waals surface area (Å²) in [5.74, 6) is -0.127. The number of hydrogen-bond donors (Lipinski definition) is 2. The third-order valence-electron chi connectivity index (χ3n) is 7.11. The van der Waals surface area contributed by atoms with Crippen LogP contribution in [0.2, 0.25) is 0 Å². The molecule has 240 valence electrons. The third kappa shape index (κ3) is 7.38.